The van der Waals surface area contributed by atoms with Gasteiger partial charge < -0.3 is 9.47 Å². The lowest BCUT2D eigenvalue weighted by Crippen LogP contribution is -2.07. The smallest absolute Gasteiger partial charge is 0.207 e. The summed E-state index contributed by atoms with van der Waals surface area (Å²) in [5, 5.41) is 4.10. The molecule has 0 aliphatic rings. The Bertz CT molecular complexity index is 1160. The highest BCUT2D eigenvalue weighted by Gasteiger charge is 2.27. The molecule has 0 atom stereocenters. The fourth-order valence-corrected chi connectivity index (χ4v) is 2.80. The molecule has 0 spiro atoms. The zero-order valence-corrected chi connectivity index (χ0v) is 17.0. The highest BCUT2D eigenvalue weighted by molar-refractivity contribution is 6.05. The quantitative estimate of drug-likeness (QED) is 0.157. The van der Waals surface area contributed by atoms with Crippen molar-refractivity contribution in [3.63, 3.8) is 0 Å². The number of ether oxygens (including phenoxy) is 2. The average Bonchev–Trinajstić information content (AvgIpc) is 3.29. The molecule has 0 N–H and O–H groups in total. The van der Waals surface area contributed by atoms with Crippen LogP contribution >= 0.6 is 0 Å². The Kier molecular flexibility index (Phi) is 6.92. The van der Waals surface area contributed by atoms with Crippen molar-refractivity contribution in [1.82, 2.24) is 9.78 Å². The van der Waals surface area contributed by atoms with Gasteiger partial charge in [-0.25, -0.2) is 13.2 Å². The Balaban J connectivity index is 1.82. The molecule has 2 aromatic carbocycles. The van der Waals surface area contributed by atoms with Crippen LogP contribution in [0, 0.1) is 29.1 Å². The molecule has 0 saturated heterocycles. The van der Waals surface area contributed by atoms with Crippen LogP contribution in [0.5, 0.6) is 11.5 Å². The number of benzene rings is 2. The summed E-state index contributed by atoms with van der Waals surface area (Å²) in [6.07, 6.45) is 4.44. The Labute approximate surface area is 179 Å². The number of hydrogen-bond acceptors (Lipinski definition) is 4. The molecule has 0 saturated carbocycles. The number of halogens is 5. The van der Waals surface area contributed by atoms with E-state index >= 15 is 0 Å². The summed E-state index contributed by atoms with van der Waals surface area (Å²) in [6.45, 7) is 1.93. The summed E-state index contributed by atoms with van der Waals surface area (Å²) < 4.78 is 79.2. The van der Waals surface area contributed by atoms with Gasteiger partial charge in [-0.2, -0.15) is 13.9 Å². The van der Waals surface area contributed by atoms with Gasteiger partial charge in [-0.15, -0.1) is 0 Å². The Morgan fingerprint density at radius 1 is 1.03 bits per heavy atom. The summed E-state index contributed by atoms with van der Waals surface area (Å²) in [4.78, 5) is 12.2. The number of rotatable bonds is 8. The summed E-state index contributed by atoms with van der Waals surface area (Å²) in [5.41, 5.74) is 1.01. The summed E-state index contributed by atoms with van der Waals surface area (Å²) >= 11 is 0. The molecule has 0 radical (unpaired) electrons. The molecule has 1 heterocycles. The molecule has 0 unspecified atom stereocenters. The molecule has 0 aliphatic carbocycles. The van der Waals surface area contributed by atoms with Crippen LogP contribution in [0.4, 0.5) is 22.0 Å². The lowest BCUT2D eigenvalue weighted by molar-refractivity contribution is 0.104. The number of aromatic nitrogens is 2. The van der Waals surface area contributed by atoms with Crippen molar-refractivity contribution in [2.24, 2.45) is 0 Å². The number of hydrogen-bond donors (Lipinski definition) is 0. The van der Waals surface area contributed by atoms with Gasteiger partial charge in [0.1, 0.15) is 18.1 Å². The number of carbonyl (C=O) groups excluding carboxylic acids is 1. The fraction of sp³-hybridized carbons (Fsp3) is 0.182. The first-order chi connectivity index (χ1) is 15.3. The predicted octanol–water partition coefficient (Wildman–Crippen LogP) is 5.08. The number of allylic oxidation sites excluding steroid dienone is 1. The van der Waals surface area contributed by atoms with E-state index in [2.05, 4.69) is 5.10 Å². The lowest BCUT2D eigenvalue weighted by Gasteiger charge is -2.13. The van der Waals surface area contributed by atoms with Crippen LogP contribution in [-0.2, 0) is 13.2 Å². The molecule has 0 bridgehead atoms. The van der Waals surface area contributed by atoms with Crippen molar-refractivity contribution in [2.75, 3.05) is 7.11 Å². The molecule has 1 aromatic heterocycles. The van der Waals surface area contributed by atoms with E-state index < -0.39 is 41.4 Å². The minimum absolute atomic E-state index is 0.249. The van der Waals surface area contributed by atoms with Crippen LogP contribution < -0.4 is 9.47 Å². The maximum atomic E-state index is 13.8. The van der Waals surface area contributed by atoms with E-state index in [9.17, 15) is 26.7 Å². The normalized spacial score (nSPS) is 11.2. The number of methoxy groups -OCH3 is 1. The largest absolute Gasteiger partial charge is 0.496 e. The van der Waals surface area contributed by atoms with Crippen molar-refractivity contribution in [2.45, 2.75) is 20.1 Å². The van der Waals surface area contributed by atoms with Gasteiger partial charge in [-0.05, 0) is 36.8 Å². The monoisotopic (exact) mass is 452 g/mol. The van der Waals surface area contributed by atoms with Crippen LogP contribution in [0.1, 0.15) is 28.5 Å². The second-order valence-corrected chi connectivity index (χ2v) is 6.51. The fourth-order valence-electron chi connectivity index (χ4n) is 2.80. The summed E-state index contributed by atoms with van der Waals surface area (Å²) in [7, 11) is 1.33. The molecule has 168 valence electrons. The Hall–Kier alpha value is -3.69. The molecule has 32 heavy (non-hydrogen) atoms. The number of ketones is 1. The molecular formula is C22H17F5N2O3. The standard InChI is InChI=1S/C22H17F5N2O3/c1-3-29-9-8-14(28-29)15(30)6-4-12-5-7-16(31-2)13(10-12)11-32-22-20(26)18(24)17(23)19(25)21(22)27/h4-10H,3,11H2,1-2H3/b6-4+. The van der Waals surface area contributed by atoms with E-state index in [1.54, 1.807) is 23.0 Å². The third-order valence-electron chi connectivity index (χ3n) is 4.49. The molecule has 0 aliphatic heterocycles. The first kappa shape index (κ1) is 23.0. The van der Waals surface area contributed by atoms with Gasteiger partial charge in [0.2, 0.25) is 34.9 Å². The van der Waals surface area contributed by atoms with Gasteiger partial charge in [0.05, 0.1) is 7.11 Å². The van der Waals surface area contributed by atoms with Crippen LogP contribution in [-0.4, -0.2) is 22.7 Å². The Morgan fingerprint density at radius 3 is 2.28 bits per heavy atom. The van der Waals surface area contributed by atoms with E-state index in [-0.39, 0.29) is 22.8 Å². The maximum absolute atomic E-state index is 13.8. The van der Waals surface area contributed by atoms with E-state index in [1.807, 2.05) is 6.92 Å². The van der Waals surface area contributed by atoms with E-state index in [0.717, 1.165) is 0 Å². The van der Waals surface area contributed by atoms with Gasteiger partial charge in [-0.1, -0.05) is 12.1 Å². The van der Waals surface area contributed by atoms with Gasteiger partial charge in [0.25, 0.3) is 0 Å². The molecule has 0 amide bonds. The highest BCUT2D eigenvalue weighted by Crippen LogP contribution is 2.31. The minimum atomic E-state index is -2.27. The van der Waals surface area contributed by atoms with E-state index in [0.29, 0.717) is 12.1 Å². The second-order valence-electron chi connectivity index (χ2n) is 6.51. The van der Waals surface area contributed by atoms with Gasteiger partial charge >= 0.3 is 0 Å². The zero-order chi connectivity index (χ0) is 23.4. The first-order valence-corrected chi connectivity index (χ1v) is 9.33. The maximum Gasteiger partial charge on any atom is 0.207 e. The van der Waals surface area contributed by atoms with Crippen molar-refractivity contribution >= 4 is 11.9 Å². The SMILES string of the molecule is CCn1ccc(C(=O)/C=C/c2ccc(OC)c(COc3c(F)c(F)c(F)c(F)c3F)c2)n1. The third-order valence-corrected chi connectivity index (χ3v) is 4.49. The average molecular weight is 452 g/mol. The third kappa shape index (κ3) is 4.63. The first-order valence-electron chi connectivity index (χ1n) is 9.33. The van der Waals surface area contributed by atoms with Crippen molar-refractivity contribution in [1.29, 1.82) is 0 Å². The molecule has 0 fully saturated rings. The second kappa shape index (κ2) is 9.63. The van der Waals surface area contributed by atoms with Crippen LogP contribution in [0.25, 0.3) is 6.08 Å². The predicted molar refractivity (Wildman–Crippen MR) is 105 cm³/mol. The molecule has 10 heteroatoms. The number of aryl methyl sites for hydroxylation is 1. The summed E-state index contributed by atoms with van der Waals surface area (Å²) in [5.74, 6) is -12.1. The van der Waals surface area contributed by atoms with E-state index in [1.165, 1.54) is 31.4 Å². The van der Waals surface area contributed by atoms with Gasteiger partial charge in [0.15, 0.2) is 5.75 Å². The highest BCUT2D eigenvalue weighted by atomic mass is 19.2. The number of carbonyl (C=O) groups is 1. The molecule has 5 nitrogen and oxygen atoms in total. The van der Waals surface area contributed by atoms with Gasteiger partial charge in [-0.3, -0.25) is 9.48 Å². The molecule has 3 rings (SSSR count). The van der Waals surface area contributed by atoms with E-state index in [4.69, 9.17) is 9.47 Å². The minimum Gasteiger partial charge on any atom is -0.496 e. The zero-order valence-electron chi connectivity index (χ0n) is 17.0. The topological polar surface area (TPSA) is 53.4 Å². The van der Waals surface area contributed by atoms with Crippen LogP contribution in [0.2, 0.25) is 0 Å². The summed E-state index contributed by atoms with van der Waals surface area (Å²) in [6, 6.07) is 6.18. The van der Waals surface area contributed by atoms with Crippen molar-refractivity contribution in [3.8, 4) is 11.5 Å². The Morgan fingerprint density at radius 2 is 1.69 bits per heavy atom. The lowest BCUT2D eigenvalue weighted by atomic mass is 10.1. The number of nitrogens with zero attached hydrogens (tertiary/aromatic N) is 2. The van der Waals surface area contributed by atoms with Crippen molar-refractivity contribution < 1.29 is 36.2 Å². The van der Waals surface area contributed by atoms with Gasteiger partial charge in [0, 0.05) is 18.3 Å². The van der Waals surface area contributed by atoms with Crippen LogP contribution in [0.15, 0.2) is 36.5 Å². The van der Waals surface area contributed by atoms with Crippen LogP contribution in [0.3, 0.4) is 0 Å². The molecule has 3 aromatic rings. The molecular weight excluding hydrogens is 435 g/mol. The van der Waals surface area contributed by atoms with Crippen molar-refractivity contribution in [3.05, 3.63) is 82.4 Å².